The number of nitrogens with one attached hydrogen (secondary N) is 1. The first kappa shape index (κ1) is 14.7. The maximum atomic E-state index is 12.2. The summed E-state index contributed by atoms with van der Waals surface area (Å²) in [6.45, 7) is 4.58. The van der Waals surface area contributed by atoms with Gasteiger partial charge in [0.2, 0.25) is 0 Å². The quantitative estimate of drug-likeness (QED) is 0.781. The third-order valence-electron chi connectivity index (χ3n) is 2.72. The average molecular weight is 287 g/mol. The molecule has 0 bridgehead atoms. The molecule has 0 heterocycles. The first-order valence-electron chi connectivity index (χ1n) is 6.31. The number of benzene rings is 1. The highest BCUT2D eigenvalue weighted by Crippen LogP contribution is 2.31. The molecule has 20 heavy (non-hydrogen) atoms. The molecule has 3 nitrogen and oxygen atoms in total. The van der Waals surface area contributed by atoms with Crippen LogP contribution in [0.25, 0.3) is 0 Å². The second kappa shape index (κ2) is 6.17. The summed E-state index contributed by atoms with van der Waals surface area (Å²) in [6.07, 6.45) is -2.41. The van der Waals surface area contributed by atoms with Gasteiger partial charge < -0.3 is 14.8 Å². The molecule has 1 fully saturated rings. The molecule has 1 saturated carbocycles. The Labute approximate surface area is 115 Å². The van der Waals surface area contributed by atoms with Crippen molar-refractivity contribution in [1.82, 2.24) is 5.32 Å². The Morgan fingerprint density at radius 2 is 1.90 bits per heavy atom. The van der Waals surface area contributed by atoms with E-state index in [-0.39, 0.29) is 18.1 Å². The zero-order chi connectivity index (χ0) is 14.6. The Morgan fingerprint density at radius 3 is 2.50 bits per heavy atom. The fraction of sp³-hybridized carbons (Fsp3) is 0.429. The highest BCUT2D eigenvalue weighted by molar-refractivity contribution is 5.39. The number of para-hydroxylation sites is 2. The van der Waals surface area contributed by atoms with Crippen LogP contribution < -0.4 is 14.8 Å². The molecular formula is C14H16F3NO2. The van der Waals surface area contributed by atoms with Crippen LogP contribution in [-0.4, -0.2) is 25.6 Å². The molecule has 1 aliphatic rings. The zero-order valence-electron chi connectivity index (χ0n) is 10.9. The molecule has 0 saturated heterocycles. The topological polar surface area (TPSA) is 30.5 Å². The van der Waals surface area contributed by atoms with E-state index in [1.807, 2.05) is 0 Å². The Balaban J connectivity index is 1.86. The van der Waals surface area contributed by atoms with E-state index in [2.05, 4.69) is 16.6 Å². The number of rotatable bonds is 7. The molecule has 1 aliphatic carbocycles. The van der Waals surface area contributed by atoms with E-state index in [1.165, 1.54) is 18.2 Å². The van der Waals surface area contributed by atoms with Gasteiger partial charge >= 0.3 is 6.36 Å². The van der Waals surface area contributed by atoms with Crippen molar-refractivity contribution in [1.29, 1.82) is 0 Å². The van der Waals surface area contributed by atoms with Crippen molar-refractivity contribution in [2.24, 2.45) is 0 Å². The summed E-state index contributed by atoms with van der Waals surface area (Å²) < 4.78 is 45.9. The Kier molecular flexibility index (Phi) is 4.54. The summed E-state index contributed by atoms with van der Waals surface area (Å²) >= 11 is 0. The van der Waals surface area contributed by atoms with Crippen LogP contribution in [0.5, 0.6) is 11.5 Å². The van der Waals surface area contributed by atoms with Crippen molar-refractivity contribution in [3.05, 3.63) is 36.4 Å². The van der Waals surface area contributed by atoms with Gasteiger partial charge in [-0.3, -0.25) is 0 Å². The predicted molar refractivity (Wildman–Crippen MR) is 68.8 cm³/mol. The van der Waals surface area contributed by atoms with Crippen molar-refractivity contribution in [2.75, 3.05) is 13.2 Å². The zero-order valence-corrected chi connectivity index (χ0v) is 10.9. The number of halogens is 3. The Hall–Kier alpha value is -1.69. The van der Waals surface area contributed by atoms with Crippen LogP contribution in [0.4, 0.5) is 13.2 Å². The summed E-state index contributed by atoms with van der Waals surface area (Å²) in [6, 6.07) is 6.24. The SMILES string of the molecule is C=C(CNC1CC1)COc1ccccc1OC(F)(F)F. The van der Waals surface area contributed by atoms with Crippen LogP contribution in [0.2, 0.25) is 0 Å². The molecule has 0 aliphatic heterocycles. The van der Waals surface area contributed by atoms with Gasteiger partial charge in [0, 0.05) is 12.6 Å². The summed E-state index contributed by atoms with van der Waals surface area (Å²) in [5, 5.41) is 3.25. The summed E-state index contributed by atoms with van der Waals surface area (Å²) in [5.41, 5.74) is 0.777. The highest BCUT2D eigenvalue weighted by atomic mass is 19.4. The van der Waals surface area contributed by atoms with E-state index in [4.69, 9.17) is 4.74 Å². The van der Waals surface area contributed by atoms with Crippen LogP contribution in [0.1, 0.15) is 12.8 Å². The van der Waals surface area contributed by atoms with E-state index in [1.54, 1.807) is 6.07 Å². The average Bonchev–Trinajstić information content (AvgIpc) is 3.17. The van der Waals surface area contributed by atoms with Crippen molar-refractivity contribution in [2.45, 2.75) is 25.2 Å². The van der Waals surface area contributed by atoms with Gasteiger partial charge in [-0.1, -0.05) is 18.7 Å². The van der Waals surface area contributed by atoms with Gasteiger partial charge in [-0.05, 0) is 30.5 Å². The fourth-order valence-electron chi connectivity index (χ4n) is 1.59. The second-order valence-electron chi connectivity index (χ2n) is 4.69. The summed E-state index contributed by atoms with van der Waals surface area (Å²) in [5.74, 6) is -0.291. The lowest BCUT2D eigenvalue weighted by atomic mass is 10.3. The molecule has 0 atom stereocenters. The van der Waals surface area contributed by atoms with Gasteiger partial charge in [0.05, 0.1) is 0 Å². The lowest BCUT2D eigenvalue weighted by molar-refractivity contribution is -0.275. The van der Waals surface area contributed by atoms with Gasteiger partial charge in [0.15, 0.2) is 11.5 Å². The first-order valence-corrected chi connectivity index (χ1v) is 6.31. The number of hydrogen-bond acceptors (Lipinski definition) is 3. The van der Waals surface area contributed by atoms with Gasteiger partial charge in [0.25, 0.3) is 0 Å². The van der Waals surface area contributed by atoms with E-state index < -0.39 is 6.36 Å². The van der Waals surface area contributed by atoms with Crippen molar-refractivity contribution in [3.8, 4) is 11.5 Å². The lowest BCUT2D eigenvalue weighted by Crippen LogP contribution is -2.22. The van der Waals surface area contributed by atoms with E-state index >= 15 is 0 Å². The minimum Gasteiger partial charge on any atom is -0.485 e. The first-order chi connectivity index (χ1) is 9.44. The number of hydrogen-bond donors (Lipinski definition) is 1. The van der Waals surface area contributed by atoms with Crippen LogP contribution in [-0.2, 0) is 0 Å². The molecule has 2 rings (SSSR count). The summed E-state index contributed by atoms with van der Waals surface area (Å²) in [7, 11) is 0. The minimum absolute atomic E-state index is 0.0531. The van der Waals surface area contributed by atoms with E-state index in [9.17, 15) is 13.2 Å². The molecule has 1 N–H and O–H groups in total. The van der Waals surface area contributed by atoms with Crippen molar-refractivity contribution in [3.63, 3.8) is 0 Å². The standard InChI is InChI=1S/C14H16F3NO2/c1-10(8-18-11-6-7-11)9-19-12-4-2-3-5-13(12)20-14(15,16)17/h2-5,11,18H,1,6-9H2. The molecular weight excluding hydrogens is 271 g/mol. The smallest absolute Gasteiger partial charge is 0.485 e. The van der Waals surface area contributed by atoms with Gasteiger partial charge in [0.1, 0.15) is 6.61 Å². The monoisotopic (exact) mass is 287 g/mol. The normalized spacial score (nSPS) is 14.9. The minimum atomic E-state index is -4.73. The third-order valence-corrected chi connectivity index (χ3v) is 2.72. The number of ether oxygens (including phenoxy) is 2. The molecule has 0 aromatic heterocycles. The maximum Gasteiger partial charge on any atom is 0.573 e. The van der Waals surface area contributed by atoms with E-state index in [0.29, 0.717) is 12.6 Å². The van der Waals surface area contributed by atoms with Crippen LogP contribution in [0.3, 0.4) is 0 Å². The van der Waals surface area contributed by atoms with Gasteiger partial charge in [-0.15, -0.1) is 13.2 Å². The molecule has 1 aromatic rings. The van der Waals surface area contributed by atoms with Crippen LogP contribution in [0, 0.1) is 0 Å². The largest absolute Gasteiger partial charge is 0.573 e. The van der Waals surface area contributed by atoms with E-state index in [0.717, 1.165) is 18.4 Å². The molecule has 0 unspecified atom stereocenters. The van der Waals surface area contributed by atoms with Crippen molar-refractivity contribution < 1.29 is 22.6 Å². The fourth-order valence-corrected chi connectivity index (χ4v) is 1.59. The molecule has 0 amide bonds. The van der Waals surface area contributed by atoms with Crippen LogP contribution >= 0.6 is 0 Å². The molecule has 110 valence electrons. The maximum absolute atomic E-state index is 12.2. The molecule has 1 aromatic carbocycles. The van der Waals surface area contributed by atoms with Crippen LogP contribution in [0.15, 0.2) is 36.4 Å². The van der Waals surface area contributed by atoms with Gasteiger partial charge in [-0.25, -0.2) is 0 Å². The van der Waals surface area contributed by atoms with Gasteiger partial charge in [-0.2, -0.15) is 0 Å². The second-order valence-corrected chi connectivity index (χ2v) is 4.69. The lowest BCUT2D eigenvalue weighted by Gasteiger charge is -2.14. The Morgan fingerprint density at radius 1 is 1.25 bits per heavy atom. The van der Waals surface area contributed by atoms with Crippen molar-refractivity contribution >= 4 is 0 Å². The highest BCUT2D eigenvalue weighted by Gasteiger charge is 2.32. The predicted octanol–water partition coefficient (Wildman–Crippen LogP) is 3.27. The third kappa shape index (κ3) is 5.13. The summed E-state index contributed by atoms with van der Waals surface area (Å²) in [4.78, 5) is 0. The Bertz CT molecular complexity index is 470. The number of alkyl halides is 3. The molecule has 0 radical (unpaired) electrons. The molecule has 6 heteroatoms. The molecule has 0 spiro atoms.